The van der Waals surface area contributed by atoms with E-state index in [0.29, 0.717) is 6.54 Å². The maximum Gasteiger partial charge on any atom is 0.376 e. The van der Waals surface area contributed by atoms with Crippen molar-refractivity contribution in [2.24, 2.45) is 7.05 Å². The van der Waals surface area contributed by atoms with E-state index in [4.69, 9.17) is 10.8 Å². The average Bonchev–Trinajstić information content (AvgIpc) is 2.55. The Morgan fingerprint density at radius 3 is 2.65 bits per heavy atom. The van der Waals surface area contributed by atoms with Gasteiger partial charge in [-0.25, -0.2) is 4.79 Å². The number of benzene rings is 1. The topological polar surface area (TPSA) is 85.0 Å². The fraction of sp³-hybridized carbons (Fsp3) is 0.182. The minimum atomic E-state index is -1.08. The van der Waals surface area contributed by atoms with Crippen molar-refractivity contribution in [3.63, 3.8) is 0 Å². The Bertz CT molecular complexity index is 548. The van der Waals surface area contributed by atoms with Crippen molar-refractivity contribution in [2.45, 2.75) is 6.54 Å². The van der Waals surface area contributed by atoms with Crippen LogP contribution in [0.5, 0.6) is 0 Å². The number of hydrogen-bond acceptors (Lipinski definition) is 3. The quantitative estimate of drug-likeness (QED) is 0.733. The molecule has 6 nitrogen and oxygen atoms in total. The van der Waals surface area contributed by atoms with E-state index in [2.05, 4.69) is 5.21 Å². The predicted octanol–water partition coefficient (Wildman–Crippen LogP) is 0.0363. The lowest BCUT2D eigenvalue weighted by atomic mass is 10.2. The third-order valence-electron chi connectivity index (χ3n) is 2.46. The van der Waals surface area contributed by atoms with E-state index in [0.717, 1.165) is 5.56 Å². The molecule has 2 rings (SSSR count). The van der Waals surface area contributed by atoms with Crippen LogP contribution in [0.1, 0.15) is 16.1 Å². The Balaban J connectivity index is 2.35. The number of aryl methyl sites for hydroxylation is 1. The number of carbonyl (C=O) groups is 1. The van der Waals surface area contributed by atoms with Crippen molar-refractivity contribution in [1.82, 2.24) is 9.90 Å². The summed E-state index contributed by atoms with van der Waals surface area (Å²) in [5.74, 6) is -0.923. The zero-order valence-electron chi connectivity index (χ0n) is 9.37. The highest BCUT2D eigenvalue weighted by Gasteiger charge is 2.25. The molecule has 17 heavy (non-hydrogen) atoms. The zero-order chi connectivity index (χ0) is 12.4. The fourth-order valence-electron chi connectivity index (χ4n) is 1.66. The molecule has 1 aromatic heterocycles. The average molecular weight is 233 g/mol. The Kier molecular flexibility index (Phi) is 2.78. The number of rotatable bonds is 3. The number of nitrogens with two attached hydrogens (primary N) is 1. The second-order valence-electron chi connectivity index (χ2n) is 3.70. The molecule has 0 saturated carbocycles. The summed E-state index contributed by atoms with van der Waals surface area (Å²) in [6, 6.07) is 9.60. The van der Waals surface area contributed by atoms with E-state index < -0.39 is 5.97 Å². The molecule has 0 unspecified atom stereocenters. The summed E-state index contributed by atoms with van der Waals surface area (Å²) >= 11 is 0. The minimum Gasteiger partial charge on any atom is -0.475 e. The van der Waals surface area contributed by atoms with Crippen molar-refractivity contribution < 1.29 is 14.6 Å². The molecular formula is C11H13N4O2+. The summed E-state index contributed by atoms with van der Waals surface area (Å²) in [6.07, 6.45) is 0. The van der Waals surface area contributed by atoms with Crippen molar-refractivity contribution in [3.8, 4) is 0 Å². The van der Waals surface area contributed by atoms with Crippen LogP contribution in [0.25, 0.3) is 0 Å². The molecule has 0 aliphatic rings. The first-order valence-corrected chi connectivity index (χ1v) is 5.09. The van der Waals surface area contributed by atoms with E-state index in [-0.39, 0.29) is 11.5 Å². The van der Waals surface area contributed by atoms with Gasteiger partial charge in [-0.05, 0) is 5.56 Å². The zero-order valence-corrected chi connectivity index (χ0v) is 9.37. The summed E-state index contributed by atoms with van der Waals surface area (Å²) < 4.78 is 2.74. The number of anilines is 1. The lowest BCUT2D eigenvalue weighted by Crippen LogP contribution is -2.39. The van der Waals surface area contributed by atoms with E-state index in [1.165, 1.54) is 9.36 Å². The van der Waals surface area contributed by atoms with E-state index in [9.17, 15) is 4.79 Å². The summed E-state index contributed by atoms with van der Waals surface area (Å²) in [6.45, 7) is 0.452. The molecule has 2 aromatic rings. The largest absolute Gasteiger partial charge is 0.475 e. The van der Waals surface area contributed by atoms with Crippen LogP contribution in [0.15, 0.2) is 30.3 Å². The van der Waals surface area contributed by atoms with Crippen LogP contribution in [0.2, 0.25) is 0 Å². The third kappa shape index (κ3) is 2.10. The molecule has 0 fully saturated rings. The number of nitrogens with zero attached hydrogens (tertiary/aromatic N) is 3. The van der Waals surface area contributed by atoms with E-state index in [1.807, 2.05) is 30.3 Å². The minimum absolute atomic E-state index is 0.000862. The van der Waals surface area contributed by atoms with Gasteiger partial charge in [-0.15, -0.1) is 4.68 Å². The van der Waals surface area contributed by atoms with Crippen LogP contribution in [0, 0.1) is 0 Å². The molecule has 1 aromatic carbocycles. The Labute approximate surface area is 97.9 Å². The number of carboxylic acids is 1. The number of hydrogen-bond donors (Lipinski definition) is 2. The van der Waals surface area contributed by atoms with Gasteiger partial charge in [-0.1, -0.05) is 30.3 Å². The van der Waals surface area contributed by atoms with Gasteiger partial charge in [0.1, 0.15) is 6.54 Å². The van der Waals surface area contributed by atoms with E-state index >= 15 is 0 Å². The molecule has 0 atom stereocenters. The van der Waals surface area contributed by atoms with Gasteiger partial charge in [0.15, 0.2) is 0 Å². The number of aromatic nitrogens is 3. The van der Waals surface area contributed by atoms with Crippen LogP contribution in [0.3, 0.4) is 0 Å². The summed E-state index contributed by atoms with van der Waals surface area (Å²) in [5, 5.41) is 13.0. The van der Waals surface area contributed by atoms with Gasteiger partial charge < -0.3 is 10.8 Å². The van der Waals surface area contributed by atoms with Crippen molar-refractivity contribution >= 4 is 11.8 Å². The molecule has 0 bridgehead atoms. The molecule has 0 saturated heterocycles. The van der Waals surface area contributed by atoms with Gasteiger partial charge >= 0.3 is 5.97 Å². The molecule has 0 aliphatic carbocycles. The maximum atomic E-state index is 11.0. The normalized spacial score (nSPS) is 10.4. The highest BCUT2D eigenvalue weighted by molar-refractivity contribution is 5.89. The van der Waals surface area contributed by atoms with Crippen LogP contribution in [-0.2, 0) is 13.6 Å². The SMILES string of the molecule is Cn1n[n+](Cc2ccccc2)c(N)c1C(=O)O. The maximum absolute atomic E-state index is 11.0. The monoisotopic (exact) mass is 233 g/mol. The van der Waals surface area contributed by atoms with Gasteiger partial charge in [0.2, 0.25) is 0 Å². The summed E-state index contributed by atoms with van der Waals surface area (Å²) in [4.78, 5) is 11.0. The van der Waals surface area contributed by atoms with Crippen LogP contribution < -0.4 is 10.4 Å². The first-order chi connectivity index (χ1) is 8.09. The van der Waals surface area contributed by atoms with Gasteiger partial charge in [-0.2, -0.15) is 4.68 Å². The molecule has 3 N–H and O–H groups in total. The van der Waals surface area contributed by atoms with Crippen LogP contribution in [-0.4, -0.2) is 21.0 Å². The highest BCUT2D eigenvalue weighted by atomic mass is 16.4. The third-order valence-corrected chi connectivity index (χ3v) is 2.46. The van der Waals surface area contributed by atoms with Crippen LogP contribution >= 0.6 is 0 Å². The van der Waals surface area contributed by atoms with Crippen molar-refractivity contribution in [2.75, 3.05) is 5.73 Å². The molecule has 6 heteroatoms. The van der Waals surface area contributed by atoms with Gasteiger partial charge in [0.25, 0.3) is 11.5 Å². The molecule has 0 aliphatic heterocycles. The molecule has 1 heterocycles. The smallest absolute Gasteiger partial charge is 0.376 e. The number of carboxylic acid groups (broad SMARTS) is 1. The first kappa shape index (κ1) is 11.1. The Hall–Kier alpha value is -2.37. The second kappa shape index (κ2) is 4.25. The molecule has 88 valence electrons. The summed E-state index contributed by atoms with van der Waals surface area (Å²) in [5.41, 5.74) is 6.77. The van der Waals surface area contributed by atoms with E-state index in [1.54, 1.807) is 7.05 Å². The fourth-order valence-corrected chi connectivity index (χ4v) is 1.66. The second-order valence-corrected chi connectivity index (χ2v) is 3.70. The lowest BCUT2D eigenvalue weighted by molar-refractivity contribution is -0.734. The molecule has 0 amide bonds. The predicted molar refractivity (Wildman–Crippen MR) is 60.3 cm³/mol. The van der Waals surface area contributed by atoms with Gasteiger partial charge in [-0.3, -0.25) is 0 Å². The van der Waals surface area contributed by atoms with Crippen LogP contribution in [0.4, 0.5) is 5.82 Å². The lowest BCUT2D eigenvalue weighted by Gasteiger charge is -1.97. The molecule has 0 spiro atoms. The molecule has 0 radical (unpaired) electrons. The van der Waals surface area contributed by atoms with Crippen molar-refractivity contribution in [1.29, 1.82) is 0 Å². The van der Waals surface area contributed by atoms with Gasteiger partial charge in [0.05, 0.1) is 7.05 Å². The number of aromatic carboxylic acids is 1. The standard InChI is InChI=1S/C11H12N4O2/c1-14-9(11(16)17)10(12)15(13-14)7-8-5-3-2-4-6-8/h2-6H,7H2,1H3,(H2-,12,13,16,17)/p+1. The van der Waals surface area contributed by atoms with Gasteiger partial charge in [0, 0.05) is 5.21 Å². The first-order valence-electron chi connectivity index (χ1n) is 5.09. The highest BCUT2D eigenvalue weighted by Crippen LogP contribution is 2.05. The molecular weight excluding hydrogens is 220 g/mol. The Morgan fingerprint density at radius 2 is 2.12 bits per heavy atom. The number of nitrogen functional groups attached to an aromatic ring is 1. The Morgan fingerprint density at radius 1 is 1.47 bits per heavy atom. The summed E-state index contributed by atoms with van der Waals surface area (Å²) in [7, 11) is 1.56. The van der Waals surface area contributed by atoms with Crippen molar-refractivity contribution in [3.05, 3.63) is 41.6 Å².